The molecule has 1 aliphatic carbocycles. The minimum Gasteiger partial charge on any atom is -0.325 e. The van der Waals surface area contributed by atoms with Crippen LogP contribution in [-0.2, 0) is 12.4 Å². The average Bonchev–Trinajstić information content (AvgIpc) is 3.05. The minimum absolute atomic E-state index is 0.216. The molecular formula is C16H21Cl2N3. The van der Waals surface area contributed by atoms with Gasteiger partial charge >= 0.3 is 0 Å². The maximum absolute atomic E-state index is 6.12. The van der Waals surface area contributed by atoms with Crippen molar-refractivity contribution in [2.45, 2.75) is 43.6 Å². The summed E-state index contributed by atoms with van der Waals surface area (Å²) in [5.74, 6) is 1.36. The Bertz CT molecular complexity index is 642. The first kappa shape index (κ1) is 15.1. The zero-order chi connectivity index (χ0) is 15.0. The van der Waals surface area contributed by atoms with E-state index in [0.29, 0.717) is 5.88 Å². The van der Waals surface area contributed by atoms with E-state index in [4.69, 9.17) is 23.2 Å². The van der Waals surface area contributed by atoms with Crippen molar-refractivity contribution in [3.05, 3.63) is 29.0 Å². The third-order valence-electron chi connectivity index (χ3n) is 4.84. The van der Waals surface area contributed by atoms with Gasteiger partial charge < -0.3 is 9.47 Å². The number of alkyl halides is 1. The second kappa shape index (κ2) is 5.79. The topological polar surface area (TPSA) is 21.1 Å². The fourth-order valence-corrected chi connectivity index (χ4v) is 3.88. The van der Waals surface area contributed by atoms with Crippen molar-refractivity contribution < 1.29 is 0 Å². The Morgan fingerprint density at radius 3 is 2.62 bits per heavy atom. The van der Waals surface area contributed by atoms with Crippen LogP contribution in [0.15, 0.2) is 18.2 Å². The summed E-state index contributed by atoms with van der Waals surface area (Å²) >= 11 is 12.2. The molecule has 0 N–H and O–H groups in total. The average molecular weight is 326 g/mol. The molecule has 1 aromatic heterocycles. The maximum atomic E-state index is 6.12. The molecule has 0 radical (unpaired) electrons. The van der Waals surface area contributed by atoms with Crippen molar-refractivity contribution in [2.24, 2.45) is 0 Å². The normalized spacial score (nSPS) is 18.0. The van der Waals surface area contributed by atoms with Crippen molar-refractivity contribution in [1.82, 2.24) is 14.5 Å². The quantitative estimate of drug-likeness (QED) is 0.781. The highest BCUT2D eigenvalue weighted by molar-refractivity contribution is 6.31. The fraction of sp³-hybridized carbons (Fsp3) is 0.562. The molecule has 0 spiro atoms. The monoisotopic (exact) mass is 325 g/mol. The summed E-state index contributed by atoms with van der Waals surface area (Å²) < 4.78 is 2.28. The predicted octanol–water partition coefficient (Wildman–Crippen LogP) is 4.30. The van der Waals surface area contributed by atoms with Gasteiger partial charge in [-0.05, 0) is 45.1 Å². The van der Waals surface area contributed by atoms with Gasteiger partial charge in [-0.1, -0.05) is 24.4 Å². The van der Waals surface area contributed by atoms with E-state index in [1.807, 2.05) is 12.1 Å². The van der Waals surface area contributed by atoms with Crippen LogP contribution in [-0.4, -0.2) is 34.1 Å². The summed E-state index contributed by atoms with van der Waals surface area (Å²) in [5.41, 5.74) is 2.28. The predicted molar refractivity (Wildman–Crippen MR) is 89.2 cm³/mol. The Morgan fingerprint density at radius 1 is 1.29 bits per heavy atom. The number of aromatic nitrogens is 2. The summed E-state index contributed by atoms with van der Waals surface area (Å²) in [6.45, 7) is 0.945. The molecule has 3 nitrogen and oxygen atoms in total. The highest BCUT2D eigenvalue weighted by Crippen LogP contribution is 2.36. The van der Waals surface area contributed by atoms with Crippen LogP contribution in [0.5, 0.6) is 0 Å². The van der Waals surface area contributed by atoms with E-state index in [2.05, 4.69) is 34.6 Å². The molecule has 0 amide bonds. The Balaban J connectivity index is 2.06. The van der Waals surface area contributed by atoms with Crippen LogP contribution in [0.2, 0.25) is 5.02 Å². The van der Waals surface area contributed by atoms with E-state index in [9.17, 15) is 0 Å². The van der Waals surface area contributed by atoms with Crippen molar-refractivity contribution in [1.29, 1.82) is 0 Å². The van der Waals surface area contributed by atoms with Gasteiger partial charge in [0.15, 0.2) is 0 Å². The molecule has 1 aromatic carbocycles. The summed E-state index contributed by atoms with van der Waals surface area (Å²) in [4.78, 5) is 7.03. The molecule has 0 saturated heterocycles. The molecule has 0 atom stereocenters. The second-order valence-corrected chi connectivity index (χ2v) is 6.91. The third-order valence-corrected chi connectivity index (χ3v) is 5.32. The van der Waals surface area contributed by atoms with Crippen LogP contribution in [0.3, 0.4) is 0 Å². The van der Waals surface area contributed by atoms with Gasteiger partial charge in [0, 0.05) is 17.1 Å². The van der Waals surface area contributed by atoms with Crippen LogP contribution in [0.4, 0.5) is 0 Å². The van der Waals surface area contributed by atoms with Crippen LogP contribution in [0, 0.1) is 0 Å². The van der Waals surface area contributed by atoms with Crippen LogP contribution in [0.1, 0.15) is 31.5 Å². The van der Waals surface area contributed by atoms with Crippen LogP contribution < -0.4 is 0 Å². The van der Waals surface area contributed by atoms with Gasteiger partial charge in [-0.25, -0.2) is 4.98 Å². The Hall–Kier alpha value is -0.770. The van der Waals surface area contributed by atoms with Crippen molar-refractivity contribution in [3.63, 3.8) is 0 Å². The van der Waals surface area contributed by atoms with E-state index in [-0.39, 0.29) is 5.54 Å². The third kappa shape index (κ3) is 2.67. The number of likely N-dealkylation sites (N-methyl/N-ethyl adjacent to an activating group) is 1. The van der Waals surface area contributed by atoms with Gasteiger partial charge in [0.25, 0.3) is 0 Å². The van der Waals surface area contributed by atoms with Crippen molar-refractivity contribution in [2.75, 3.05) is 14.1 Å². The molecule has 0 bridgehead atoms. The fourth-order valence-electron chi connectivity index (χ4n) is 3.51. The molecule has 1 heterocycles. The zero-order valence-electron chi connectivity index (χ0n) is 12.6. The molecular weight excluding hydrogens is 305 g/mol. The molecule has 0 aliphatic heterocycles. The molecule has 2 aromatic rings. The van der Waals surface area contributed by atoms with Gasteiger partial charge in [-0.15, -0.1) is 11.6 Å². The minimum atomic E-state index is 0.216. The standard InChI is InChI=1S/C16H21Cl2N3/c1-20(2)16(7-3-4-8-16)11-21-14-6-5-12(18)9-13(14)19-15(21)10-17/h5-6,9H,3-4,7-8,10-11H2,1-2H3. The molecule has 1 fully saturated rings. The lowest BCUT2D eigenvalue weighted by atomic mass is 9.95. The molecule has 5 heteroatoms. The SMILES string of the molecule is CN(C)C1(Cn2c(CCl)nc3cc(Cl)ccc32)CCCC1. The van der Waals surface area contributed by atoms with E-state index in [0.717, 1.165) is 28.4 Å². The van der Waals surface area contributed by atoms with E-state index in [1.165, 1.54) is 25.7 Å². The number of imidazole rings is 1. The van der Waals surface area contributed by atoms with Gasteiger partial charge in [0.2, 0.25) is 0 Å². The van der Waals surface area contributed by atoms with Crippen LogP contribution >= 0.6 is 23.2 Å². The Labute approximate surface area is 135 Å². The highest BCUT2D eigenvalue weighted by Gasteiger charge is 2.37. The highest BCUT2D eigenvalue weighted by atomic mass is 35.5. The summed E-state index contributed by atoms with van der Waals surface area (Å²) in [7, 11) is 4.36. The summed E-state index contributed by atoms with van der Waals surface area (Å²) in [5, 5.41) is 0.719. The summed E-state index contributed by atoms with van der Waals surface area (Å²) in [6, 6.07) is 5.90. The molecule has 0 unspecified atom stereocenters. The smallest absolute Gasteiger partial charge is 0.124 e. The number of benzene rings is 1. The number of fused-ring (bicyclic) bond motifs is 1. The van der Waals surface area contributed by atoms with E-state index in [1.54, 1.807) is 0 Å². The van der Waals surface area contributed by atoms with Crippen molar-refractivity contribution in [3.8, 4) is 0 Å². The molecule has 21 heavy (non-hydrogen) atoms. The molecule has 1 saturated carbocycles. The van der Waals surface area contributed by atoms with Crippen LogP contribution in [0.25, 0.3) is 11.0 Å². The van der Waals surface area contributed by atoms with Gasteiger partial charge in [-0.3, -0.25) is 0 Å². The second-order valence-electron chi connectivity index (χ2n) is 6.21. The van der Waals surface area contributed by atoms with E-state index >= 15 is 0 Å². The zero-order valence-corrected chi connectivity index (χ0v) is 14.1. The van der Waals surface area contributed by atoms with Gasteiger partial charge in [-0.2, -0.15) is 0 Å². The Morgan fingerprint density at radius 2 is 2.00 bits per heavy atom. The van der Waals surface area contributed by atoms with Crippen molar-refractivity contribution >= 4 is 34.2 Å². The number of rotatable bonds is 4. The van der Waals surface area contributed by atoms with Gasteiger partial charge in [0.05, 0.1) is 16.9 Å². The Kier molecular flexibility index (Phi) is 4.17. The first-order valence-corrected chi connectivity index (χ1v) is 8.35. The first-order valence-electron chi connectivity index (χ1n) is 7.44. The lowest BCUT2D eigenvalue weighted by Crippen LogP contribution is -2.45. The number of hydrogen-bond acceptors (Lipinski definition) is 2. The molecule has 3 rings (SSSR count). The number of hydrogen-bond donors (Lipinski definition) is 0. The first-order chi connectivity index (χ1) is 10.1. The number of halogens is 2. The number of nitrogens with zero attached hydrogens (tertiary/aromatic N) is 3. The van der Waals surface area contributed by atoms with Gasteiger partial charge in [0.1, 0.15) is 5.82 Å². The maximum Gasteiger partial charge on any atom is 0.124 e. The summed E-state index contributed by atoms with van der Waals surface area (Å²) in [6.07, 6.45) is 5.06. The van der Waals surface area contributed by atoms with E-state index < -0.39 is 0 Å². The lowest BCUT2D eigenvalue weighted by molar-refractivity contribution is 0.134. The molecule has 1 aliphatic rings. The molecule has 114 valence electrons. The largest absolute Gasteiger partial charge is 0.325 e. The lowest BCUT2D eigenvalue weighted by Gasteiger charge is -2.37.